The van der Waals surface area contributed by atoms with E-state index in [0.29, 0.717) is 23.7 Å². The zero-order chi connectivity index (χ0) is 16.9. The summed E-state index contributed by atoms with van der Waals surface area (Å²) in [5.41, 5.74) is 1.86. The van der Waals surface area contributed by atoms with Crippen LogP contribution in [-0.4, -0.2) is 27.8 Å². The lowest BCUT2D eigenvalue weighted by Crippen LogP contribution is -2.31. The van der Waals surface area contributed by atoms with Gasteiger partial charge in [-0.2, -0.15) is 0 Å². The summed E-state index contributed by atoms with van der Waals surface area (Å²) in [4.78, 5) is 28.7. The minimum atomic E-state index is -0.0981. The maximum Gasteiger partial charge on any atom is 0.257 e. The maximum atomic E-state index is 12.2. The fraction of sp³-hybridized carbons (Fsp3) is 0.389. The number of nitrogens with one attached hydrogen (secondary N) is 1. The highest BCUT2D eigenvalue weighted by Crippen LogP contribution is 2.31. The number of carbonyl (C=O) groups excluding carboxylic acids is 1. The first-order valence-electron chi connectivity index (χ1n) is 8.16. The van der Waals surface area contributed by atoms with E-state index in [1.54, 1.807) is 17.7 Å². The molecular weight excluding hydrogens is 322 g/mol. The van der Waals surface area contributed by atoms with Crippen LogP contribution in [0.4, 0.5) is 0 Å². The topological polar surface area (TPSA) is 64.0 Å². The van der Waals surface area contributed by atoms with Gasteiger partial charge < -0.3 is 5.32 Å². The maximum absolute atomic E-state index is 12.2. The summed E-state index contributed by atoms with van der Waals surface area (Å²) in [6.45, 7) is 2.41. The van der Waals surface area contributed by atoms with Crippen molar-refractivity contribution in [1.29, 1.82) is 0 Å². The number of hydrogen-bond donors (Lipinski definition) is 1. The first-order valence-corrected chi connectivity index (χ1v) is 9.15. The zero-order valence-electron chi connectivity index (χ0n) is 13.7. The second-order valence-electron chi connectivity index (χ2n) is 6.01. The molecule has 0 fully saturated rings. The predicted molar refractivity (Wildman–Crippen MR) is 95.4 cm³/mol. The van der Waals surface area contributed by atoms with Crippen LogP contribution in [0, 0.1) is 6.92 Å². The van der Waals surface area contributed by atoms with E-state index in [9.17, 15) is 9.59 Å². The normalized spacial score (nSPS) is 16.0. The molecule has 0 radical (unpaired) electrons. The Hall–Kier alpha value is -2.08. The summed E-state index contributed by atoms with van der Waals surface area (Å²) in [5, 5.41) is 3.68. The van der Waals surface area contributed by atoms with Crippen molar-refractivity contribution in [1.82, 2.24) is 14.9 Å². The molecule has 0 bridgehead atoms. The number of aryl methyl sites for hydroxylation is 2. The van der Waals surface area contributed by atoms with Gasteiger partial charge >= 0.3 is 0 Å². The van der Waals surface area contributed by atoms with Gasteiger partial charge in [0.05, 0.1) is 6.04 Å². The van der Waals surface area contributed by atoms with Crippen molar-refractivity contribution in [2.45, 2.75) is 37.4 Å². The van der Waals surface area contributed by atoms with E-state index in [0.717, 1.165) is 18.6 Å². The molecule has 0 saturated carbocycles. The van der Waals surface area contributed by atoms with Gasteiger partial charge in [-0.3, -0.25) is 14.2 Å². The molecule has 0 spiro atoms. The minimum absolute atomic E-state index is 0.00471. The van der Waals surface area contributed by atoms with Crippen LogP contribution in [-0.2, 0) is 11.2 Å². The molecule has 0 aliphatic carbocycles. The number of hydrogen-bond acceptors (Lipinski definition) is 4. The number of nitrogens with zero attached hydrogens (tertiary/aromatic N) is 2. The van der Waals surface area contributed by atoms with E-state index >= 15 is 0 Å². The lowest BCUT2D eigenvalue weighted by molar-refractivity contribution is -0.121. The lowest BCUT2D eigenvalue weighted by atomic mass is 10.1. The molecule has 3 rings (SSSR count). The summed E-state index contributed by atoms with van der Waals surface area (Å²) in [7, 11) is 0. The van der Waals surface area contributed by atoms with Gasteiger partial charge in [0.1, 0.15) is 0 Å². The first kappa shape index (κ1) is 16.8. The second-order valence-corrected chi connectivity index (χ2v) is 6.99. The van der Waals surface area contributed by atoms with Crippen LogP contribution in [0.3, 0.4) is 0 Å². The van der Waals surface area contributed by atoms with E-state index in [1.165, 1.54) is 17.3 Å². The molecule has 2 heterocycles. The number of benzene rings is 1. The fourth-order valence-electron chi connectivity index (χ4n) is 2.82. The fourth-order valence-corrected chi connectivity index (χ4v) is 3.93. The molecule has 1 aliphatic heterocycles. The van der Waals surface area contributed by atoms with E-state index in [4.69, 9.17) is 0 Å². The van der Waals surface area contributed by atoms with Gasteiger partial charge in [0.25, 0.3) is 5.56 Å². The molecule has 0 saturated heterocycles. The van der Waals surface area contributed by atoms with Crippen molar-refractivity contribution in [2.24, 2.45) is 0 Å². The molecule has 2 aromatic rings. The van der Waals surface area contributed by atoms with Gasteiger partial charge in [0.15, 0.2) is 5.16 Å². The molecule has 1 aromatic heterocycles. The highest BCUT2D eigenvalue weighted by molar-refractivity contribution is 7.99. The number of carbonyl (C=O) groups is 1. The quantitative estimate of drug-likeness (QED) is 0.646. The van der Waals surface area contributed by atoms with Crippen LogP contribution in [0.25, 0.3) is 0 Å². The van der Waals surface area contributed by atoms with Crippen LogP contribution >= 0.6 is 11.8 Å². The molecule has 126 valence electrons. The number of aromatic nitrogens is 2. The number of rotatable bonds is 6. The lowest BCUT2D eigenvalue weighted by Gasteiger charge is -2.13. The predicted octanol–water partition coefficient (Wildman–Crippen LogP) is 2.34. The van der Waals surface area contributed by atoms with Crippen LogP contribution in [0.15, 0.2) is 46.5 Å². The Kier molecular flexibility index (Phi) is 5.35. The van der Waals surface area contributed by atoms with Gasteiger partial charge in [-0.15, -0.1) is 0 Å². The molecular formula is C18H21N3O2S. The third-order valence-electron chi connectivity index (χ3n) is 4.13. The third-order valence-corrected chi connectivity index (χ3v) is 5.24. The molecule has 1 aromatic carbocycles. The van der Waals surface area contributed by atoms with Crippen LogP contribution in [0.2, 0.25) is 0 Å². The van der Waals surface area contributed by atoms with Crippen LogP contribution in [0.5, 0.6) is 0 Å². The highest BCUT2D eigenvalue weighted by Gasteiger charge is 2.27. The van der Waals surface area contributed by atoms with Crippen molar-refractivity contribution >= 4 is 17.7 Å². The van der Waals surface area contributed by atoms with Crippen LogP contribution < -0.4 is 10.9 Å². The Morgan fingerprint density at radius 3 is 2.96 bits per heavy atom. The van der Waals surface area contributed by atoms with Gasteiger partial charge in [0, 0.05) is 30.5 Å². The van der Waals surface area contributed by atoms with E-state index < -0.39 is 0 Å². The Labute approximate surface area is 145 Å². The average molecular weight is 343 g/mol. The standard InChI is InChI=1S/C18H21N3O2S/c1-13-11-20-18-21(17(13)23)15(12-24-18)10-16(22)19-9-5-8-14-6-3-2-4-7-14/h2-4,6-7,11,15H,5,8-10,12H2,1H3,(H,19,22). The summed E-state index contributed by atoms with van der Waals surface area (Å²) in [6, 6.07) is 10.1. The zero-order valence-corrected chi connectivity index (χ0v) is 14.5. The summed E-state index contributed by atoms with van der Waals surface area (Å²) in [5.74, 6) is 0.721. The first-order chi connectivity index (χ1) is 11.6. The van der Waals surface area contributed by atoms with Gasteiger partial charge in [0.2, 0.25) is 5.91 Å². The van der Waals surface area contributed by atoms with Crippen molar-refractivity contribution in [3.63, 3.8) is 0 Å². The number of thioether (sulfide) groups is 1. The molecule has 24 heavy (non-hydrogen) atoms. The molecule has 1 aliphatic rings. The molecule has 5 nitrogen and oxygen atoms in total. The van der Waals surface area contributed by atoms with Crippen LogP contribution in [0.1, 0.15) is 30.0 Å². The Morgan fingerprint density at radius 2 is 2.17 bits per heavy atom. The molecule has 6 heteroatoms. The van der Waals surface area contributed by atoms with Crippen molar-refractivity contribution in [3.05, 3.63) is 58.0 Å². The molecule has 1 atom stereocenters. The average Bonchev–Trinajstić information content (AvgIpc) is 2.99. The second kappa shape index (κ2) is 7.66. The van der Waals surface area contributed by atoms with Crippen molar-refractivity contribution in [3.8, 4) is 0 Å². The molecule has 1 unspecified atom stereocenters. The third kappa shape index (κ3) is 3.87. The highest BCUT2D eigenvalue weighted by atomic mass is 32.2. The largest absolute Gasteiger partial charge is 0.356 e. The van der Waals surface area contributed by atoms with E-state index in [1.807, 2.05) is 18.2 Å². The van der Waals surface area contributed by atoms with E-state index in [2.05, 4.69) is 22.4 Å². The smallest absolute Gasteiger partial charge is 0.257 e. The SMILES string of the molecule is Cc1cnc2n(c1=O)C(CC(=O)NCCCc1ccccc1)CS2. The van der Waals surface area contributed by atoms with Crippen molar-refractivity contribution < 1.29 is 4.79 Å². The minimum Gasteiger partial charge on any atom is -0.356 e. The summed E-state index contributed by atoms with van der Waals surface area (Å²) >= 11 is 1.54. The molecule has 1 N–H and O–H groups in total. The molecule has 1 amide bonds. The van der Waals surface area contributed by atoms with E-state index in [-0.39, 0.29) is 17.5 Å². The number of fused-ring (bicyclic) bond motifs is 1. The number of amides is 1. The monoisotopic (exact) mass is 343 g/mol. The van der Waals surface area contributed by atoms with Gasteiger partial charge in [-0.25, -0.2) is 4.98 Å². The van der Waals surface area contributed by atoms with Gasteiger partial charge in [-0.1, -0.05) is 42.1 Å². The van der Waals surface area contributed by atoms with Crippen molar-refractivity contribution in [2.75, 3.05) is 12.3 Å². The summed E-state index contributed by atoms with van der Waals surface area (Å²) in [6.07, 6.45) is 3.79. The van der Waals surface area contributed by atoms with Gasteiger partial charge in [-0.05, 0) is 25.3 Å². The Balaban J connectivity index is 1.49. The Morgan fingerprint density at radius 1 is 1.38 bits per heavy atom. The summed E-state index contributed by atoms with van der Waals surface area (Å²) < 4.78 is 1.67. The Bertz CT molecular complexity index is 774.